The fourth-order valence-electron chi connectivity index (χ4n) is 2.72. The van der Waals surface area contributed by atoms with Crippen molar-refractivity contribution in [2.45, 2.75) is 19.0 Å². The van der Waals surface area contributed by atoms with Crippen molar-refractivity contribution in [3.8, 4) is 5.75 Å². The zero-order valence-electron chi connectivity index (χ0n) is 14.8. The van der Waals surface area contributed by atoms with Gasteiger partial charge in [-0.15, -0.1) is 11.3 Å². The number of carbonyl (C=O) groups excluding carboxylic acids is 1. The maximum atomic E-state index is 12.6. The molecule has 26 heavy (non-hydrogen) atoms. The van der Waals surface area contributed by atoms with Crippen LogP contribution in [0.4, 0.5) is 5.69 Å². The Balaban J connectivity index is 1.73. The molecule has 4 nitrogen and oxygen atoms in total. The number of carbonyl (C=O) groups is 1. The number of benzene rings is 2. The van der Waals surface area contributed by atoms with Crippen LogP contribution in [0.2, 0.25) is 0 Å². The molecule has 5 heteroatoms. The standard InChI is InChI=1S/C21H22N2O2S/c1-15(21(24)23-17-10-6-11-18(14-17)25-2)22-20(19-12-7-13-26-19)16-8-4-3-5-9-16/h3-15,20,22H,1-2H3,(H,23,24)/t15-,20-/m1/s1. The van der Waals surface area contributed by atoms with Crippen LogP contribution in [0.25, 0.3) is 0 Å². The van der Waals surface area contributed by atoms with Crippen molar-refractivity contribution >= 4 is 22.9 Å². The first-order valence-electron chi connectivity index (χ1n) is 8.46. The summed E-state index contributed by atoms with van der Waals surface area (Å²) in [5, 5.41) is 8.44. The number of nitrogens with one attached hydrogen (secondary N) is 2. The predicted molar refractivity (Wildman–Crippen MR) is 107 cm³/mol. The third kappa shape index (κ3) is 4.50. The van der Waals surface area contributed by atoms with E-state index in [1.54, 1.807) is 24.5 Å². The smallest absolute Gasteiger partial charge is 0.241 e. The van der Waals surface area contributed by atoms with E-state index in [1.807, 2.05) is 54.8 Å². The van der Waals surface area contributed by atoms with Gasteiger partial charge < -0.3 is 10.1 Å². The molecule has 1 aromatic heterocycles. The van der Waals surface area contributed by atoms with Gasteiger partial charge in [0.05, 0.1) is 19.2 Å². The van der Waals surface area contributed by atoms with Crippen LogP contribution >= 0.6 is 11.3 Å². The van der Waals surface area contributed by atoms with Gasteiger partial charge in [-0.3, -0.25) is 10.1 Å². The second kappa shape index (κ2) is 8.65. The highest BCUT2D eigenvalue weighted by Gasteiger charge is 2.21. The number of methoxy groups -OCH3 is 1. The minimum absolute atomic E-state index is 0.0257. The quantitative estimate of drug-likeness (QED) is 0.649. The largest absolute Gasteiger partial charge is 0.497 e. The molecule has 0 aliphatic rings. The second-order valence-corrected chi connectivity index (χ2v) is 6.95. The molecule has 0 unspecified atom stereocenters. The maximum Gasteiger partial charge on any atom is 0.241 e. The van der Waals surface area contributed by atoms with Crippen molar-refractivity contribution in [2.24, 2.45) is 0 Å². The molecule has 3 rings (SSSR count). The van der Waals surface area contributed by atoms with Gasteiger partial charge in [-0.1, -0.05) is 42.5 Å². The first-order chi connectivity index (χ1) is 12.7. The summed E-state index contributed by atoms with van der Waals surface area (Å²) in [5.41, 5.74) is 1.85. The lowest BCUT2D eigenvalue weighted by Gasteiger charge is -2.22. The molecule has 0 bridgehead atoms. The monoisotopic (exact) mass is 366 g/mol. The van der Waals surface area contributed by atoms with Gasteiger partial charge in [0.25, 0.3) is 0 Å². The number of thiophene rings is 1. The van der Waals surface area contributed by atoms with Crippen molar-refractivity contribution < 1.29 is 9.53 Å². The highest BCUT2D eigenvalue weighted by molar-refractivity contribution is 7.10. The SMILES string of the molecule is COc1cccc(NC(=O)[C@@H](C)N[C@H](c2ccccc2)c2cccs2)c1. The number of anilines is 1. The van der Waals surface area contributed by atoms with Crippen molar-refractivity contribution in [3.63, 3.8) is 0 Å². The van der Waals surface area contributed by atoms with Crippen molar-refractivity contribution in [3.05, 3.63) is 82.6 Å². The zero-order chi connectivity index (χ0) is 18.4. The molecule has 1 amide bonds. The van der Waals surface area contributed by atoms with E-state index >= 15 is 0 Å². The van der Waals surface area contributed by atoms with E-state index in [9.17, 15) is 4.79 Å². The van der Waals surface area contributed by atoms with E-state index in [4.69, 9.17) is 4.74 Å². The topological polar surface area (TPSA) is 50.4 Å². The number of ether oxygens (including phenoxy) is 1. The van der Waals surface area contributed by atoms with E-state index in [0.717, 1.165) is 11.3 Å². The summed E-state index contributed by atoms with van der Waals surface area (Å²) in [6.07, 6.45) is 0. The van der Waals surface area contributed by atoms with Gasteiger partial charge in [0.1, 0.15) is 5.75 Å². The molecule has 0 spiro atoms. The molecule has 0 aliphatic carbocycles. The average Bonchev–Trinajstić information content (AvgIpc) is 3.21. The van der Waals surface area contributed by atoms with E-state index in [-0.39, 0.29) is 18.0 Å². The minimum Gasteiger partial charge on any atom is -0.497 e. The molecule has 134 valence electrons. The summed E-state index contributed by atoms with van der Waals surface area (Å²) in [6, 6.07) is 21.2. The summed E-state index contributed by atoms with van der Waals surface area (Å²) in [7, 11) is 1.61. The van der Waals surface area contributed by atoms with Crippen LogP contribution in [0.3, 0.4) is 0 Å². The fraction of sp³-hybridized carbons (Fsp3) is 0.190. The minimum atomic E-state index is -0.367. The summed E-state index contributed by atoms with van der Waals surface area (Å²) in [5.74, 6) is 0.625. The van der Waals surface area contributed by atoms with Crippen molar-refractivity contribution in [1.82, 2.24) is 5.32 Å². The Morgan fingerprint density at radius 2 is 1.85 bits per heavy atom. The van der Waals surface area contributed by atoms with Gasteiger partial charge in [0.15, 0.2) is 0 Å². The summed E-state index contributed by atoms with van der Waals surface area (Å²) < 4.78 is 5.20. The summed E-state index contributed by atoms with van der Waals surface area (Å²) in [6.45, 7) is 1.87. The Kier molecular flexibility index (Phi) is 6.04. The van der Waals surface area contributed by atoms with Gasteiger partial charge in [-0.25, -0.2) is 0 Å². The van der Waals surface area contributed by atoms with Gasteiger partial charge in [-0.2, -0.15) is 0 Å². The highest BCUT2D eigenvalue weighted by Crippen LogP contribution is 2.26. The van der Waals surface area contributed by atoms with E-state index < -0.39 is 0 Å². The lowest BCUT2D eigenvalue weighted by atomic mass is 10.0. The Labute approximate surface area is 157 Å². The Morgan fingerprint density at radius 3 is 2.54 bits per heavy atom. The maximum absolute atomic E-state index is 12.6. The molecular formula is C21H22N2O2S. The number of rotatable bonds is 7. The molecule has 2 N–H and O–H groups in total. The molecule has 2 aromatic carbocycles. The first-order valence-corrected chi connectivity index (χ1v) is 9.34. The zero-order valence-corrected chi connectivity index (χ0v) is 15.6. The van der Waals surface area contributed by atoms with Gasteiger partial charge in [-0.05, 0) is 36.1 Å². The van der Waals surface area contributed by atoms with Gasteiger partial charge in [0.2, 0.25) is 5.91 Å². The lowest BCUT2D eigenvalue weighted by Crippen LogP contribution is -2.40. The summed E-state index contributed by atoms with van der Waals surface area (Å²) in [4.78, 5) is 13.8. The van der Waals surface area contributed by atoms with Crippen molar-refractivity contribution in [2.75, 3.05) is 12.4 Å². The average molecular weight is 366 g/mol. The second-order valence-electron chi connectivity index (χ2n) is 5.97. The number of amides is 1. The lowest BCUT2D eigenvalue weighted by molar-refractivity contribution is -0.117. The normalized spacial score (nSPS) is 13.0. The molecule has 0 saturated carbocycles. The van der Waals surface area contributed by atoms with Crippen LogP contribution in [-0.2, 0) is 4.79 Å². The van der Waals surface area contributed by atoms with E-state index in [2.05, 4.69) is 28.8 Å². The van der Waals surface area contributed by atoms with Crippen LogP contribution in [0.5, 0.6) is 5.75 Å². The molecule has 0 aliphatic heterocycles. The Hall–Kier alpha value is -2.63. The molecule has 1 heterocycles. The van der Waals surface area contributed by atoms with Crippen LogP contribution in [-0.4, -0.2) is 19.1 Å². The van der Waals surface area contributed by atoms with Crippen LogP contribution < -0.4 is 15.4 Å². The molecular weight excluding hydrogens is 344 g/mol. The van der Waals surface area contributed by atoms with Gasteiger partial charge in [0, 0.05) is 16.6 Å². The third-order valence-corrected chi connectivity index (χ3v) is 5.05. The van der Waals surface area contributed by atoms with Crippen molar-refractivity contribution in [1.29, 1.82) is 0 Å². The predicted octanol–water partition coefficient (Wildman–Crippen LogP) is 4.46. The van der Waals surface area contributed by atoms with Gasteiger partial charge >= 0.3 is 0 Å². The number of hydrogen-bond acceptors (Lipinski definition) is 4. The molecule has 2 atom stereocenters. The Morgan fingerprint density at radius 1 is 1.04 bits per heavy atom. The van der Waals surface area contributed by atoms with E-state index in [0.29, 0.717) is 5.75 Å². The third-order valence-electron chi connectivity index (χ3n) is 4.11. The Bertz CT molecular complexity index is 834. The van der Waals surface area contributed by atoms with Crippen LogP contribution in [0, 0.1) is 0 Å². The fourth-order valence-corrected chi connectivity index (χ4v) is 3.53. The molecule has 3 aromatic rings. The highest BCUT2D eigenvalue weighted by atomic mass is 32.1. The first kappa shape index (κ1) is 18.2. The molecule has 0 fully saturated rings. The van der Waals surface area contributed by atoms with E-state index in [1.165, 1.54) is 4.88 Å². The summed E-state index contributed by atoms with van der Waals surface area (Å²) >= 11 is 1.68. The number of hydrogen-bond donors (Lipinski definition) is 2. The molecule has 0 saturated heterocycles. The van der Waals surface area contributed by atoms with Crippen LogP contribution in [0.15, 0.2) is 72.1 Å². The molecule has 0 radical (unpaired) electrons. The van der Waals surface area contributed by atoms with Crippen LogP contribution in [0.1, 0.15) is 23.4 Å².